The van der Waals surface area contributed by atoms with Gasteiger partial charge < -0.3 is 5.32 Å². The van der Waals surface area contributed by atoms with Crippen LogP contribution in [0.25, 0.3) is 0 Å². The lowest BCUT2D eigenvalue weighted by Gasteiger charge is -2.15. The summed E-state index contributed by atoms with van der Waals surface area (Å²) in [6.45, 7) is 4.14. The summed E-state index contributed by atoms with van der Waals surface area (Å²) in [6.07, 6.45) is 0. The highest BCUT2D eigenvalue weighted by Gasteiger charge is 2.08. The zero-order valence-corrected chi connectivity index (χ0v) is 10.8. The summed E-state index contributed by atoms with van der Waals surface area (Å²) in [7, 11) is 0. The molecule has 0 aliphatic carbocycles. The Balaban J connectivity index is 2.15. The van der Waals surface area contributed by atoms with Gasteiger partial charge in [-0.1, -0.05) is 11.6 Å². The van der Waals surface area contributed by atoms with Crippen LogP contribution in [-0.2, 0) is 0 Å². The fourth-order valence-electron chi connectivity index (χ4n) is 1.53. The van der Waals surface area contributed by atoms with Gasteiger partial charge in [-0.3, -0.25) is 0 Å². The SMILES string of the molecule is Cc1cc(Cl)ccc1NC(C)c1cscn1. The molecule has 84 valence electrons. The summed E-state index contributed by atoms with van der Waals surface area (Å²) in [5, 5.41) is 6.25. The molecule has 0 bridgehead atoms. The van der Waals surface area contributed by atoms with Gasteiger partial charge >= 0.3 is 0 Å². The van der Waals surface area contributed by atoms with E-state index in [0.717, 1.165) is 22.0 Å². The molecule has 0 radical (unpaired) electrons. The van der Waals surface area contributed by atoms with E-state index >= 15 is 0 Å². The van der Waals surface area contributed by atoms with E-state index in [1.165, 1.54) is 0 Å². The molecular weight excluding hydrogens is 240 g/mol. The molecule has 0 spiro atoms. The van der Waals surface area contributed by atoms with Crippen LogP contribution >= 0.6 is 22.9 Å². The predicted octanol–water partition coefficient (Wildman–Crippen LogP) is 4.28. The molecule has 2 nitrogen and oxygen atoms in total. The lowest BCUT2D eigenvalue weighted by molar-refractivity contribution is 0.848. The first kappa shape index (κ1) is 11.4. The molecule has 2 aromatic rings. The second kappa shape index (κ2) is 4.85. The van der Waals surface area contributed by atoms with Gasteiger partial charge in [0.15, 0.2) is 0 Å². The number of rotatable bonds is 3. The molecule has 16 heavy (non-hydrogen) atoms. The van der Waals surface area contributed by atoms with Crippen LogP contribution in [0, 0.1) is 6.92 Å². The molecule has 0 aliphatic heterocycles. The fraction of sp³-hybridized carbons (Fsp3) is 0.250. The van der Waals surface area contributed by atoms with Crippen molar-refractivity contribution in [2.75, 3.05) is 5.32 Å². The van der Waals surface area contributed by atoms with Crippen LogP contribution in [0.1, 0.15) is 24.2 Å². The number of anilines is 1. The van der Waals surface area contributed by atoms with Crippen molar-refractivity contribution in [3.05, 3.63) is 45.4 Å². The Morgan fingerprint density at radius 3 is 2.88 bits per heavy atom. The van der Waals surface area contributed by atoms with Gasteiger partial charge in [-0.15, -0.1) is 11.3 Å². The van der Waals surface area contributed by atoms with E-state index in [0.29, 0.717) is 0 Å². The van der Waals surface area contributed by atoms with Crippen LogP contribution in [0.4, 0.5) is 5.69 Å². The van der Waals surface area contributed by atoms with Crippen LogP contribution < -0.4 is 5.32 Å². The molecule has 1 aromatic heterocycles. The van der Waals surface area contributed by atoms with Crippen LogP contribution in [0.5, 0.6) is 0 Å². The number of nitrogens with one attached hydrogen (secondary N) is 1. The zero-order valence-electron chi connectivity index (χ0n) is 9.20. The third-order valence-electron chi connectivity index (χ3n) is 2.46. The highest BCUT2D eigenvalue weighted by molar-refractivity contribution is 7.07. The smallest absolute Gasteiger partial charge is 0.0795 e. The van der Waals surface area contributed by atoms with Gasteiger partial charge in [0.05, 0.1) is 17.2 Å². The van der Waals surface area contributed by atoms with E-state index in [4.69, 9.17) is 11.6 Å². The Bertz CT molecular complexity index is 468. The third-order valence-corrected chi connectivity index (χ3v) is 3.30. The Hall–Kier alpha value is -1.06. The van der Waals surface area contributed by atoms with Gasteiger partial charge in [-0.25, -0.2) is 4.98 Å². The molecule has 1 aromatic carbocycles. The normalized spacial score (nSPS) is 12.4. The number of nitrogens with zero attached hydrogens (tertiary/aromatic N) is 1. The van der Waals surface area contributed by atoms with Crippen molar-refractivity contribution >= 4 is 28.6 Å². The maximum absolute atomic E-state index is 5.91. The molecule has 1 heterocycles. The number of aromatic nitrogens is 1. The Kier molecular flexibility index (Phi) is 3.46. The van der Waals surface area contributed by atoms with Crippen molar-refractivity contribution in [2.24, 2.45) is 0 Å². The molecular formula is C12H13ClN2S. The molecule has 1 atom stereocenters. The standard InChI is InChI=1S/C12H13ClN2S/c1-8-5-10(13)3-4-11(8)15-9(2)12-6-16-7-14-12/h3-7,9,15H,1-2H3. The minimum atomic E-state index is 0.214. The summed E-state index contributed by atoms with van der Waals surface area (Å²) in [5.74, 6) is 0. The summed E-state index contributed by atoms with van der Waals surface area (Å²) < 4.78 is 0. The average molecular weight is 253 g/mol. The van der Waals surface area contributed by atoms with E-state index in [9.17, 15) is 0 Å². The topological polar surface area (TPSA) is 24.9 Å². The van der Waals surface area contributed by atoms with Crippen LogP contribution in [0.15, 0.2) is 29.1 Å². The first-order valence-electron chi connectivity index (χ1n) is 5.07. The highest BCUT2D eigenvalue weighted by Crippen LogP contribution is 2.24. The monoisotopic (exact) mass is 252 g/mol. The quantitative estimate of drug-likeness (QED) is 0.882. The van der Waals surface area contributed by atoms with Crippen LogP contribution in [0.3, 0.4) is 0 Å². The van der Waals surface area contributed by atoms with Gasteiger partial charge in [0, 0.05) is 16.1 Å². The second-order valence-corrected chi connectivity index (χ2v) is 4.89. The molecule has 0 amide bonds. The molecule has 4 heteroatoms. The Morgan fingerprint density at radius 2 is 2.25 bits per heavy atom. The van der Waals surface area contributed by atoms with Gasteiger partial charge in [0.1, 0.15) is 0 Å². The van der Waals surface area contributed by atoms with E-state index in [-0.39, 0.29) is 6.04 Å². The molecule has 1 N–H and O–H groups in total. The lowest BCUT2D eigenvalue weighted by Crippen LogP contribution is -2.07. The van der Waals surface area contributed by atoms with Crippen molar-refractivity contribution in [2.45, 2.75) is 19.9 Å². The fourth-order valence-corrected chi connectivity index (χ4v) is 2.41. The average Bonchev–Trinajstić information content (AvgIpc) is 2.75. The van der Waals surface area contributed by atoms with Gasteiger partial charge in [-0.05, 0) is 37.6 Å². The number of benzene rings is 1. The second-order valence-electron chi connectivity index (χ2n) is 3.74. The molecule has 0 saturated heterocycles. The summed E-state index contributed by atoms with van der Waals surface area (Å²) in [4.78, 5) is 4.29. The largest absolute Gasteiger partial charge is 0.377 e. The highest BCUT2D eigenvalue weighted by atomic mass is 35.5. The van der Waals surface area contributed by atoms with E-state index in [2.05, 4.69) is 22.6 Å². The van der Waals surface area contributed by atoms with Crippen LogP contribution in [0.2, 0.25) is 5.02 Å². The number of aryl methyl sites for hydroxylation is 1. The van der Waals surface area contributed by atoms with E-state index < -0.39 is 0 Å². The van der Waals surface area contributed by atoms with Gasteiger partial charge in [-0.2, -0.15) is 0 Å². The van der Waals surface area contributed by atoms with Crippen LogP contribution in [-0.4, -0.2) is 4.98 Å². The van der Waals surface area contributed by atoms with Crippen molar-refractivity contribution in [3.8, 4) is 0 Å². The number of thiazole rings is 1. The number of hydrogen-bond acceptors (Lipinski definition) is 3. The van der Waals surface area contributed by atoms with E-state index in [1.54, 1.807) is 11.3 Å². The lowest BCUT2D eigenvalue weighted by atomic mass is 10.1. The first-order valence-corrected chi connectivity index (χ1v) is 6.39. The maximum Gasteiger partial charge on any atom is 0.0795 e. The number of halogens is 1. The Morgan fingerprint density at radius 1 is 1.44 bits per heavy atom. The van der Waals surface area contributed by atoms with Crippen molar-refractivity contribution in [1.29, 1.82) is 0 Å². The predicted molar refractivity (Wildman–Crippen MR) is 70.3 cm³/mol. The molecule has 2 rings (SSSR count). The summed E-state index contributed by atoms with van der Waals surface area (Å²) in [6, 6.07) is 6.06. The number of hydrogen-bond donors (Lipinski definition) is 1. The summed E-state index contributed by atoms with van der Waals surface area (Å²) in [5.41, 5.74) is 5.17. The first-order chi connectivity index (χ1) is 7.66. The molecule has 0 fully saturated rings. The molecule has 0 saturated carbocycles. The van der Waals surface area contributed by atoms with Gasteiger partial charge in [0.25, 0.3) is 0 Å². The molecule has 1 unspecified atom stereocenters. The van der Waals surface area contributed by atoms with Crippen molar-refractivity contribution in [3.63, 3.8) is 0 Å². The van der Waals surface area contributed by atoms with E-state index in [1.807, 2.05) is 30.6 Å². The third kappa shape index (κ3) is 2.54. The summed E-state index contributed by atoms with van der Waals surface area (Å²) >= 11 is 7.53. The Labute approximate surface area is 104 Å². The van der Waals surface area contributed by atoms with Gasteiger partial charge in [0.2, 0.25) is 0 Å². The van der Waals surface area contributed by atoms with Crippen molar-refractivity contribution in [1.82, 2.24) is 4.98 Å². The molecule has 0 aliphatic rings. The van der Waals surface area contributed by atoms with Crippen molar-refractivity contribution < 1.29 is 0 Å². The minimum Gasteiger partial charge on any atom is -0.377 e. The zero-order chi connectivity index (χ0) is 11.5. The minimum absolute atomic E-state index is 0.214. The maximum atomic E-state index is 5.91.